The van der Waals surface area contributed by atoms with E-state index in [9.17, 15) is 19.0 Å². The van der Waals surface area contributed by atoms with Crippen molar-refractivity contribution in [3.8, 4) is 0 Å². The van der Waals surface area contributed by atoms with E-state index in [1.54, 1.807) is 0 Å². The van der Waals surface area contributed by atoms with Crippen LogP contribution in [0.15, 0.2) is 0 Å². The van der Waals surface area contributed by atoms with Gasteiger partial charge in [0, 0.05) is 12.8 Å². The molecule has 0 aliphatic carbocycles. The molecule has 0 heterocycles. The lowest BCUT2D eigenvalue weighted by molar-refractivity contribution is -0.870. The third kappa shape index (κ3) is 72.0. The quantitative estimate of drug-likeness (QED) is 0.0256. The summed E-state index contributed by atoms with van der Waals surface area (Å²) < 4.78 is 34.4. The Morgan fingerprint density at radius 3 is 0.753 bits per heavy atom. The Bertz CT molecular complexity index is 1390. The van der Waals surface area contributed by atoms with Crippen molar-refractivity contribution in [2.45, 2.75) is 424 Å². The average molecular weight is 1220 g/mol. The normalized spacial score (nSPS) is 13.0. The van der Waals surface area contributed by atoms with E-state index in [0.29, 0.717) is 17.4 Å². The van der Waals surface area contributed by atoms with Crippen LogP contribution in [0.3, 0.4) is 0 Å². The number of phosphoric acid groups is 1. The van der Waals surface area contributed by atoms with E-state index in [2.05, 4.69) is 13.8 Å². The van der Waals surface area contributed by atoms with Gasteiger partial charge < -0.3 is 27.9 Å². The minimum absolute atomic E-state index is 0.0248. The maximum absolute atomic E-state index is 12.9. The minimum atomic E-state index is -4.64. The van der Waals surface area contributed by atoms with Crippen LogP contribution in [0.1, 0.15) is 418 Å². The molecule has 0 N–H and O–H groups in total. The summed E-state index contributed by atoms with van der Waals surface area (Å²) in [7, 11) is 1.20. The first-order valence-electron chi connectivity index (χ1n) is 38.2. The molecule has 0 saturated carbocycles. The molecule has 0 aliphatic rings. The molecule has 0 aliphatic heterocycles. The number of rotatable bonds is 73. The van der Waals surface area contributed by atoms with Crippen molar-refractivity contribution in [1.29, 1.82) is 0 Å². The highest BCUT2D eigenvalue weighted by Gasteiger charge is 2.22. The van der Waals surface area contributed by atoms with E-state index < -0.39 is 26.5 Å². The summed E-state index contributed by atoms with van der Waals surface area (Å²) in [5.41, 5.74) is 0. The van der Waals surface area contributed by atoms with Crippen LogP contribution in [-0.2, 0) is 32.7 Å². The Morgan fingerprint density at radius 2 is 0.529 bits per heavy atom. The van der Waals surface area contributed by atoms with Gasteiger partial charge in [-0.15, -0.1) is 0 Å². The van der Waals surface area contributed by atoms with Crippen LogP contribution in [0.25, 0.3) is 0 Å². The summed E-state index contributed by atoms with van der Waals surface area (Å²) in [4.78, 5) is 38.1. The molecule has 0 saturated heterocycles. The van der Waals surface area contributed by atoms with Crippen molar-refractivity contribution in [3.63, 3.8) is 0 Å². The van der Waals surface area contributed by atoms with Crippen molar-refractivity contribution in [3.05, 3.63) is 0 Å². The van der Waals surface area contributed by atoms with Gasteiger partial charge in [0.15, 0.2) is 6.10 Å². The first-order chi connectivity index (χ1) is 41.5. The SMILES string of the molecule is CCCCCCCCCCCCCCCCCCCCCCCCCCCCCCCCCCCCCCCCCC(=O)OC(COC(=O)CCCCCCCCCCCCCCCCCCCCCCCC)COP(=O)([O-])OCC[N+](C)(C)C. The molecule has 0 fully saturated rings. The second-order valence-electron chi connectivity index (χ2n) is 27.7. The molecule has 0 spiro atoms. The topological polar surface area (TPSA) is 111 Å². The first-order valence-corrected chi connectivity index (χ1v) is 39.7. The number of nitrogens with zero attached hydrogens (tertiary/aromatic N) is 1. The van der Waals surface area contributed by atoms with Gasteiger partial charge in [-0.1, -0.05) is 393 Å². The van der Waals surface area contributed by atoms with E-state index >= 15 is 0 Å². The zero-order chi connectivity index (χ0) is 61.9. The number of esters is 2. The molecule has 0 radical (unpaired) electrons. The third-order valence-corrected chi connectivity index (χ3v) is 18.8. The lowest BCUT2D eigenvalue weighted by Gasteiger charge is -2.28. The molecule has 0 aromatic carbocycles. The van der Waals surface area contributed by atoms with Gasteiger partial charge in [-0.2, -0.15) is 0 Å². The highest BCUT2D eigenvalue weighted by atomic mass is 31.2. The molecule has 0 rings (SSSR count). The summed E-state index contributed by atoms with van der Waals surface area (Å²) in [5, 5.41) is 0. The van der Waals surface area contributed by atoms with Crippen molar-refractivity contribution in [2.24, 2.45) is 0 Å². The smallest absolute Gasteiger partial charge is 0.306 e. The van der Waals surface area contributed by atoms with Crippen molar-refractivity contribution in [2.75, 3.05) is 47.5 Å². The Kier molecular flexibility index (Phi) is 66.6. The molecule has 2 unspecified atom stereocenters. The lowest BCUT2D eigenvalue weighted by atomic mass is 10.0. The van der Waals surface area contributed by atoms with Crippen LogP contribution in [0.5, 0.6) is 0 Å². The Balaban J connectivity index is 3.86. The number of quaternary nitrogens is 1. The Morgan fingerprint density at radius 1 is 0.318 bits per heavy atom. The fourth-order valence-corrected chi connectivity index (χ4v) is 12.7. The standard InChI is InChI=1S/C75H150NO8P/c1-6-8-10-12-14-16-18-20-22-24-26-28-30-31-32-33-34-35-36-37-38-39-40-41-42-43-44-45-46-48-50-52-54-56-58-60-62-64-66-68-75(78)84-73(72-83-85(79,80)82-70-69-76(3,4)5)71-81-74(77)67-65-63-61-59-57-55-53-51-49-47-29-27-25-23-21-19-17-15-13-11-9-7-2/h73H,6-72H2,1-5H3. The van der Waals surface area contributed by atoms with E-state index in [1.807, 2.05) is 21.1 Å². The summed E-state index contributed by atoms with van der Waals surface area (Å²) >= 11 is 0. The van der Waals surface area contributed by atoms with Gasteiger partial charge >= 0.3 is 11.9 Å². The van der Waals surface area contributed by atoms with Crippen LogP contribution in [-0.4, -0.2) is 70.0 Å². The molecular formula is C75H150NO8P. The third-order valence-electron chi connectivity index (χ3n) is 17.9. The number of hydrogen-bond acceptors (Lipinski definition) is 8. The van der Waals surface area contributed by atoms with Gasteiger partial charge in [0.25, 0.3) is 7.82 Å². The summed E-state index contributed by atoms with van der Waals surface area (Å²) in [6.07, 6.45) is 82.3. The van der Waals surface area contributed by atoms with Crippen molar-refractivity contribution >= 4 is 19.8 Å². The zero-order valence-electron chi connectivity index (χ0n) is 58.1. The molecule has 0 amide bonds. The van der Waals surface area contributed by atoms with Crippen LogP contribution in [0, 0.1) is 0 Å². The van der Waals surface area contributed by atoms with E-state index in [4.69, 9.17) is 18.5 Å². The summed E-state index contributed by atoms with van der Waals surface area (Å²) in [6, 6.07) is 0. The Labute approximate surface area is 531 Å². The minimum Gasteiger partial charge on any atom is -0.756 e. The van der Waals surface area contributed by atoms with Gasteiger partial charge in [0.05, 0.1) is 27.7 Å². The number of hydrogen-bond donors (Lipinski definition) is 0. The maximum atomic E-state index is 12.9. The van der Waals surface area contributed by atoms with Crippen LogP contribution in [0.2, 0.25) is 0 Å². The Hall–Kier alpha value is -0.990. The average Bonchev–Trinajstić information content (AvgIpc) is 3.50. The lowest BCUT2D eigenvalue weighted by Crippen LogP contribution is -2.37. The summed E-state index contributed by atoms with van der Waals surface area (Å²) in [6.45, 7) is 4.34. The number of carbonyl (C=O) groups is 2. The van der Waals surface area contributed by atoms with E-state index in [0.717, 1.165) is 32.1 Å². The second kappa shape index (κ2) is 67.4. The van der Waals surface area contributed by atoms with Crippen molar-refractivity contribution < 1.29 is 42.1 Å². The monoisotopic (exact) mass is 1220 g/mol. The zero-order valence-corrected chi connectivity index (χ0v) is 59.0. The first kappa shape index (κ1) is 84.0. The van der Waals surface area contributed by atoms with Gasteiger partial charge in [0.2, 0.25) is 0 Å². The highest BCUT2D eigenvalue weighted by Crippen LogP contribution is 2.38. The number of likely N-dealkylation sites (N-methyl/N-ethyl adjacent to an activating group) is 1. The van der Waals surface area contributed by atoms with Gasteiger partial charge in [0.1, 0.15) is 19.8 Å². The van der Waals surface area contributed by atoms with Gasteiger partial charge in [-0.05, 0) is 12.8 Å². The molecule has 0 aromatic rings. The predicted octanol–water partition coefficient (Wildman–Crippen LogP) is 24.3. The van der Waals surface area contributed by atoms with Gasteiger partial charge in [-0.25, -0.2) is 0 Å². The number of carbonyl (C=O) groups excluding carboxylic acids is 2. The molecule has 9 nitrogen and oxygen atoms in total. The number of phosphoric ester groups is 1. The summed E-state index contributed by atoms with van der Waals surface area (Å²) in [5.74, 6) is -0.803. The molecule has 0 bridgehead atoms. The second-order valence-corrected chi connectivity index (χ2v) is 29.2. The largest absolute Gasteiger partial charge is 0.756 e. The van der Waals surface area contributed by atoms with Crippen LogP contribution >= 0.6 is 7.82 Å². The van der Waals surface area contributed by atoms with Crippen LogP contribution in [0.4, 0.5) is 0 Å². The predicted molar refractivity (Wildman–Crippen MR) is 365 cm³/mol. The molecule has 508 valence electrons. The maximum Gasteiger partial charge on any atom is 0.306 e. The van der Waals surface area contributed by atoms with Gasteiger partial charge in [-0.3, -0.25) is 14.2 Å². The molecule has 85 heavy (non-hydrogen) atoms. The highest BCUT2D eigenvalue weighted by molar-refractivity contribution is 7.45. The fraction of sp³-hybridized carbons (Fsp3) is 0.973. The van der Waals surface area contributed by atoms with Crippen LogP contribution < -0.4 is 4.89 Å². The number of unbranched alkanes of at least 4 members (excludes halogenated alkanes) is 59. The van der Waals surface area contributed by atoms with E-state index in [-0.39, 0.29) is 32.0 Å². The van der Waals surface area contributed by atoms with Crippen molar-refractivity contribution in [1.82, 2.24) is 0 Å². The van der Waals surface area contributed by atoms with E-state index in [1.165, 1.54) is 353 Å². The molecular weight excluding hydrogens is 1070 g/mol. The number of ether oxygens (including phenoxy) is 2. The fourth-order valence-electron chi connectivity index (χ4n) is 12.0. The molecule has 2 atom stereocenters. The molecule has 0 aromatic heterocycles. The molecule has 10 heteroatoms.